The van der Waals surface area contributed by atoms with E-state index in [1.807, 2.05) is 20.8 Å². The van der Waals surface area contributed by atoms with E-state index < -0.39 is 0 Å². The highest BCUT2D eigenvalue weighted by molar-refractivity contribution is 6.00. The minimum Gasteiger partial charge on any atom is -0.490 e. The molecule has 2 aliphatic rings. The minimum absolute atomic E-state index is 0.118. The summed E-state index contributed by atoms with van der Waals surface area (Å²) in [4.78, 5) is 39.7. The lowest BCUT2D eigenvalue weighted by Gasteiger charge is -2.42. The molecule has 35 heavy (non-hydrogen) atoms. The number of aryl methyl sites for hydroxylation is 2. The number of likely N-dealkylation sites (N-methyl/N-ethyl adjacent to an activating group) is 1. The standard InChI is InChI=1S/C25H33N5O5/c1-14(2)24(32)26-16-6-9-21-18(10-16)25(33)30(5)20-8-7-17(35-22(20)13-34-21)11-23(31)27-19-12-29(4)28-15(19)3/h6,9-10,12,14,17,20,22H,7-8,11,13H2,1-5H3,(H,26,32)(H,27,31)/t17-,20-,22+/m0/s1. The summed E-state index contributed by atoms with van der Waals surface area (Å²) in [6.07, 6.45) is 2.70. The van der Waals surface area contributed by atoms with Gasteiger partial charge >= 0.3 is 0 Å². The lowest BCUT2D eigenvalue weighted by Crippen LogP contribution is -2.53. The van der Waals surface area contributed by atoms with Crippen molar-refractivity contribution in [3.05, 3.63) is 35.7 Å². The molecule has 188 valence electrons. The number of ether oxygens (including phenoxy) is 2. The Morgan fingerprint density at radius 3 is 2.66 bits per heavy atom. The third-order valence-electron chi connectivity index (χ3n) is 6.50. The fraction of sp³-hybridized carbons (Fsp3) is 0.520. The number of nitrogens with one attached hydrogen (secondary N) is 2. The minimum atomic E-state index is -0.357. The van der Waals surface area contributed by atoms with Crippen LogP contribution >= 0.6 is 0 Å². The topological polar surface area (TPSA) is 115 Å². The summed E-state index contributed by atoms with van der Waals surface area (Å²) in [6, 6.07) is 4.90. The zero-order valence-corrected chi connectivity index (χ0v) is 20.8. The Labute approximate surface area is 204 Å². The molecular formula is C25H33N5O5. The molecular weight excluding hydrogens is 450 g/mol. The fourth-order valence-electron chi connectivity index (χ4n) is 4.52. The van der Waals surface area contributed by atoms with Gasteiger partial charge in [-0.2, -0.15) is 5.10 Å². The third-order valence-corrected chi connectivity index (χ3v) is 6.50. The average Bonchev–Trinajstić information content (AvgIpc) is 3.12. The van der Waals surface area contributed by atoms with Crippen LogP contribution in [0.2, 0.25) is 0 Å². The predicted molar refractivity (Wildman–Crippen MR) is 130 cm³/mol. The first-order chi connectivity index (χ1) is 16.6. The number of hydrogen-bond acceptors (Lipinski definition) is 6. The molecule has 0 saturated carbocycles. The maximum atomic E-state index is 13.3. The molecule has 10 nitrogen and oxygen atoms in total. The van der Waals surface area contributed by atoms with E-state index in [4.69, 9.17) is 9.47 Å². The molecule has 3 atom stereocenters. The highest BCUT2D eigenvalue weighted by atomic mass is 16.5. The van der Waals surface area contributed by atoms with Crippen LogP contribution in [0.3, 0.4) is 0 Å². The van der Waals surface area contributed by atoms with Gasteiger partial charge in [0, 0.05) is 31.9 Å². The highest BCUT2D eigenvalue weighted by Crippen LogP contribution is 2.32. The normalized spacial score (nSPS) is 21.9. The molecule has 1 fully saturated rings. The molecule has 1 saturated heterocycles. The van der Waals surface area contributed by atoms with Crippen molar-refractivity contribution >= 4 is 29.1 Å². The van der Waals surface area contributed by atoms with Crippen LogP contribution in [0.1, 0.15) is 49.2 Å². The van der Waals surface area contributed by atoms with Gasteiger partial charge in [0.05, 0.1) is 35.5 Å². The summed E-state index contributed by atoms with van der Waals surface area (Å²) < 4.78 is 13.9. The van der Waals surface area contributed by atoms with Crippen molar-refractivity contribution in [1.29, 1.82) is 0 Å². The van der Waals surface area contributed by atoms with Gasteiger partial charge in [-0.1, -0.05) is 13.8 Å². The fourth-order valence-corrected chi connectivity index (χ4v) is 4.52. The zero-order valence-electron chi connectivity index (χ0n) is 20.8. The molecule has 2 aromatic rings. The summed E-state index contributed by atoms with van der Waals surface area (Å²) in [6.45, 7) is 5.72. The van der Waals surface area contributed by atoms with E-state index in [0.717, 1.165) is 5.69 Å². The van der Waals surface area contributed by atoms with Crippen LogP contribution in [0.4, 0.5) is 11.4 Å². The quantitative estimate of drug-likeness (QED) is 0.676. The summed E-state index contributed by atoms with van der Waals surface area (Å²) in [5.41, 5.74) is 2.40. The van der Waals surface area contributed by atoms with Gasteiger partial charge in [-0.05, 0) is 38.0 Å². The molecule has 1 aromatic heterocycles. The Bertz CT molecular complexity index is 1130. The maximum Gasteiger partial charge on any atom is 0.257 e. The number of hydrogen-bond donors (Lipinski definition) is 2. The molecule has 3 heterocycles. The first-order valence-corrected chi connectivity index (χ1v) is 11.9. The third kappa shape index (κ3) is 5.48. The van der Waals surface area contributed by atoms with Gasteiger partial charge in [-0.25, -0.2) is 0 Å². The summed E-state index contributed by atoms with van der Waals surface area (Å²) in [7, 11) is 3.57. The molecule has 4 rings (SSSR count). The van der Waals surface area contributed by atoms with Crippen LogP contribution in [0.5, 0.6) is 5.75 Å². The van der Waals surface area contributed by atoms with Crippen molar-refractivity contribution in [3.8, 4) is 5.75 Å². The summed E-state index contributed by atoms with van der Waals surface area (Å²) in [5, 5.41) is 9.97. The largest absolute Gasteiger partial charge is 0.490 e. The van der Waals surface area contributed by atoms with Crippen molar-refractivity contribution in [1.82, 2.24) is 14.7 Å². The van der Waals surface area contributed by atoms with Gasteiger partial charge in [0.25, 0.3) is 5.91 Å². The van der Waals surface area contributed by atoms with Gasteiger partial charge in [0.15, 0.2) is 0 Å². The van der Waals surface area contributed by atoms with E-state index in [9.17, 15) is 14.4 Å². The predicted octanol–water partition coefficient (Wildman–Crippen LogP) is 2.73. The first-order valence-electron chi connectivity index (χ1n) is 11.9. The summed E-state index contributed by atoms with van der Waals surface area (Å²) in [5.74, 6) is -0.176. The second kappa shape index (κ2) is 10.1. The zero-order chi connectivity index (χ0) is 25.3. The number of amides is 3. The van der Waals surface area contributed by atoms with E-state index in [1.54, 1.807) is 48.1 Å². The molecule has 3 amide bonds. The van der Waals surface area contributed by atoms with Crippen LogP contribution in [-0.4, -0.2) is 64.3 Å². The smallest absolute Gasteiger partial charge is 0.257 e. The van der Waals surface area contributed by atoms with Crippen LogP contribution in [0.25, 0.3) is 0 Å². The lowest BCUT2D eigenvalue weighted by molar-refractivity contribution is -0.130. The SMILES string of the molecule is Cc1nn(C)cc1NC(=O)C[C@@H]1CC[C@H]2[C@@H](COc3ccc(NC(=O)C(C)C)cc3C(=O)N2C)O1. The molecule has 0 aliphatic carbocycles. The Morgan fingerprint density at radius 1 is 1.20 bits per heavy atom. The van der Waals surface area contributed by atoms with Gasteiger partial charge < -0.3 is 25.0 Å². The first kappa shape index (κ1) is 24.7. The van der Waals surface area contributed by atoms with Gasteiger partial charge in [0.1, 0.15) is 18.5 Å². The Balaban J connectivity index is 1.43. The highest BCUT2D eigenvalue weighted by Gasteiger charge is 2.39. The van der Waals surface area contributed by atoms with E-state index >= 15 is 0 Å². The Hall–Kier alpha value is -3.40. The molecule has 0 bridgehead atoms. The molecule has 0 radical (unpaired) electrons. The Morgan fingerprint density at radius 2 is 1.97 bits per heavy atom. The van der Waals surface area contributed by atoms with Crippen molar-refractivity contribution in [2.24, 2.45) is 13.0 Å². The van der Waals surface area contributed by atoms with E-state index in [2.05, 4.69) is 15.7 Å². The molecule has 2 aliphatic heterocycles. The molecule has 1 aromatic carbocycles. The van der Waals surface area contributed by atoms with Crippen molar-refractivity contribution in [2.75, 3.05) is 24.3 Å². The number of carbonyl (C=O) groups is 3. The second-order valence-electron chi connectivity index (χ2n) is 9.58. The number of rotatable bonds is 5. The van der Waals surface area contributed by atoms with Gasteiger partial charge in [0.2, 0.25) is 11.8 Å². The van der Waals surface area contributed by atoms with Gasteiger partial charge in [-0.15, -0.1) is 0 Å². The second-order valence-corrected chi connectivity index (χ2v) is 9.58. The van der Waals surface area contributed by atoms with Crippen LogP contribution in [0, 0.1) is 12.8 Å². The van der Waals surface area contributed by atoms with Crippen LogP contribution < -0.4 is 15.4 Å². The molecule has 0 unspecified atom stereocenters. The van der Waals surface area contributed by atoms with Crippen LogP contribution in [-0.2, 0) is 21.4 Å². The molecule has 2 N–H and O–H groups in total. The lowest BCUT2D eigenvalue weighted by atomic mass is 9.94. The van der Waals surface area contributed by atoms with E-state index in [0.29, 0.717) is 35.5 Å². The number of carbonyl (C=O) groups excluding carboxylic acids is 3. The maximum absolute atomic E-state index is 13.3. The van der Waals surface area contributed by atoms with E-state index in [1.165, 1.54) is 0 Å². The molecule has 10 heteroatoms. The van der Waals surface area contributed by atoms with Crippen molar-refractivity contribution in [3.63, 3.8) is 0 Å². The average molecular weight is 484 g/mol. The van der Waals surface area contributed by atoms with Crippen LogP contribution in [0.15, 0.2) is 24.4 Å². The van der Waals surface area contributed by atoms with Crippen molar-refractivity contribution < 1.29 is 23.9 Å². The molecule has 0 spiro atoms. The van der Waals surface area contributed by atoms with Crippen molar-refractivity contribution in [2.45, 2.75) is 58.3 Å². The number of fused-ring (bicyclic) bond motifs is 2. The van der Waals surface area contributed by atoms with E-state index in [-0.39, 0.29) is 54.9 Å². The number of nitrogens with zero attached hydrogens (tertiary/aromatic N) is 3. The van der Waals surface area contributed by atoms with Gasteiger partial charge in [-0.3, -0.25) is 19.1 Å². The monoisotopic (exact) mass is 483 g/mol. The summed E-state index contributed by atoms with van der Waals surface area (Å²) >= 11 is 0. The number of anilines is 2. The Kier molecular flexibility index (Phi) is 7.11. The number of benzene rings is 1. The number of aromatic nitrogens is 2.